The Balaban J connectivity index is 2.38. The van der Waals surface area contributed by atoms with Gasteiger partial charge in [-0.15, -0.1) is 0 Å². The summed E-state index contributed by atoms with van der Waals surface area (Å²) in [7, 11) is -3.71. The summed E-state index contributed by atoms with van der Waals surface area (Å²) in [6.45, 7) is 1.92. The van der Waals surface area contributed by atoms with Crippen molar-refractivity contribution >= 4 is 54.8 Å². The lowest BCUT2D eigenvalue weighted by Crippen LogP contribution is -2.13. The summed E-state index contributed by atoms with van der Waals surface area (Å²) in [5, 5.41) is 0.500. The maximum atomic E-state index is 12.3. The first kappa shape index (κ1) is 15.6. The summed E-state index contributed by atoms with van der Waals surface area (Å²) in [4.78, 5) is 0.0550. The maximum absolute atomic E-state index is 12.3. The van der Waals surface area contributed by atoms with Crippen LogP contribution in [0.4, 0.5) is 5.69 Å². The summed E-state index contributed by atoms with van der Waals surface area (Å²) < 4.78 is 27.7. The third-order valence-electron chi connectivity index (χ3n) is 2.57. The lowest BCUT2D eigenvalue weighted by Gasteiger charge is -2.11. The van der Waals surface area contributed by atoms with Gasteiger partial charge in [0.25, 0.3) is 10.0 Å². The molecule has 20 heavy (non-hydrogen) atoms. The Morgan fingerprint density at radius 2 is 1.75 bits per heavy atom. The average Bonchev–Trinajstić information content (AvgIpc) is 2.36. The first-order valence-electron chi connectivity index (χ1n) is 5.53. The van der Waals surface area contributed by atoms with Gasteiger partial charge in [-0.05, 0) is 58.7 Å². The van der Waals surface area contributed by atoms with Crippen molar-refractivity contribution in [3.8, 4) is 0 Å². The predicted octanol–water partition coefficient (Wildman–Crippen LogP) is 4.87. The Labute approximate surface area is 136 Å². The molecule has 0 bridgehead atoms. The van der Waals surface area contributed by atoms with Gasteiger partial charge in [-0.25, -0.2) is 8.42 Å². The summed E-state index contributed by atoms with van der Waals surface area (Å²) in [5.41, 5.74) is 1.48. The van der Waals surface area contributed by atoms with Crippen molar-refractivity contribution in [1.29, 1.82) is 0 Å². The van der Waals surface area contributed by atoms with Crippen molar-refractivity contribution in [1.82, 2.24) is 0 Å². The van der Waals surface area contributed by atoms with Crippen molar-refractivity contribution in [2.75, 3.05) is 4.72 Å². The van der Waals surface area contributed by atoms with E-state index in [1.807, 2.05) is 19.1 Å². The lowest BCUT2D eigenvalue weighted by molar-refractivity contribution is 0.601. The first-order chi connectivity index (χ1) is 9.29. The monoisotopic (exact) mass is 393 g/mol. The SMILES string of the molecule is Cc1ccc(NS(=O)(=O)c2ccc(Cl)c(Cl)c2)c(Br)c1. The zero-order valence-electron chi connectivity index (χ0n) is 10.3. The molecule has 0 aliphatic heterocycles. The molecule has 1 N–H and O–H groups in total. The van der Waals surface area contributed by atoms with Crippen molar-refractivity contribution in [3.63, 3.8) is 0 Å². The molecule has 0 fully saturated rings. The van der Waals surface area contributed by atoms with Crippen molar-refractivity contribution in [2.45, 2.75) is 11.8 Å². The lowest BCUT2D eigenvalue weighted by atomic mass is 10.2. The van der Waals surface area contributed by atoms with Crippen LogP contribution in [0.1, 0.15) is 5.56 Å². The Morgan fingerprint density at radius 3 is 2.35 bits per heavy atom. The number of nitrogens with one attached hydrogen (secondary N) is 1. The van der Waals surface area contributed by atoms with Crippen molar-refractivity contribution < 1.29 is 8.42 Å². The van der Waals surface area contributed by atoms with Gasteiger partial charge < -0.3 is 0 Å². The second-order valence-electron chi connectivity index (χ2n) is 4.16. The molecule has 0 heterocycles. The minimum atomic E-state index is -3.71. The van der Waals surface area contributed by atoms with Crippen molar-refractivity contribution in [3.05, 3.63) is 56.5 Å². The van der Waals surface area contributed by atoms with E-state index >= 15 is 0 Å². The maximum Gasteiger partial charge on any atom is 0.261 e. The minimum absolute atomic E-state index is 0.0550. The van der Waals surface area contributed by atoms with Crippen LogP contribution in [-0.2, 0) is 10.0 Å². The van der Waals surface area contributed by atoms with Crippen LogP contribution >= 0.6 is 39.1 Å². The number of hydrogen-bond donors (Lipinski definition) is 1. The van der Waals surface area contributed by atoms with E-state index in [-0.39, 0.29) is 9.92 Å². The number of sulfonamides is 1. The molecule has 3 nitrogen and oxygen atoms in total. The molecule has 0 spiro atoms. The van der Waals surface area contributed by atoms with Gasteiger partial charge in [0.1, 0.15) is 0 Å². The molecule has 0 unspecified atom stereocenters. The van der Waals surface area contributed by atoms with Crippen LogP contribution in [0.15, 0.2) is 45.8 Å². The number of hydrogen-bond acceptors (Lipinski definition) is 2. The minimum Gasteiger partial charge on any atom is -0.278 e. The van der Waals surface area contributed by atoms with Gasteiger partial charge in [0.2, 0.25) is 0 Å². The summed E-state index contributed by atoms with van der Waals surface area (Å²) in [6.07, 6.45) is 0. The Kier molecular flexibility index (Phi) is 4.64. The molecular formula is C13H10BrCl2NO2S. The van der Waals surface area contributed by atoms with E-state index in [1.165, 1.54) is 18.2 Å². The zero-order valence-corrected chi connectivity index (χ0v) is 14.2. The molecule has 106 valence electrons. The molecule has 0 aliphatic carbocycles. The normalized spacial score (nSPS) is 11.4. The van der Waals surface area contributed by atoms with Crippen LogP contribution in [-0.4, -0.2) is 8.42 Å². The topological polar surface area (TPSA) is 46.2 Å². The molecule has 7 heteroatoms. The average molecular weight is 395 g/mol. The number of halogens is 3. The summed E-state index contributed by atoms with van der Waals surface area (Å²) in [5.74, 6) is 0. The standard InChI is InChI=1S/C13H10BrCl2NO2S/c1-8-2-5-13(10(14)6-8)17-20(18,19)9-3-4-11(15)12(16)7-9/h2-7,17H,1H3. The van der Waals surface area contributed by atoms with E-state index in [0.717, 1.165) is 5.56 Å². The van der Waals surface area contributed by atoms with Crippen LogP contribution in [0, 0.1) is 6.92 Å². The van der Waals surface area contributed by atoms with Gasteiger partial charge in [-0.3, -0.25) is 4.72 Å². The Bertz CT molecular complexity index is 763. The third-order valence-corrected chi connectivity index (χ3v) is 5.33. The van der Waals surface area contributed by atoms with Crippen LogP contribution in [0.3, 0.4) is 0 Å². The quantitative estimate of drug-likeness (QED) is 0.807. The molecule has 0 saturated heterocycles. The van der Waals surface area contributed by atoms with Gasteiger partial charge in [0.15, 0.2) is 0 Å². The van der Waals surface area contributed by atoms with Gasteiger partial charge in [-0.1, -0.05) is 29.3 Å². The zero-order chi connectivity index (χ0) is 14.9. The molecule has 0 aromatic heterocycles. The fraction of sp³-hybridized carbons (Fsp3) is 0.0769. The molecule has 0 aliphatic rings. The van der Waals surface area contributed by atoms with E-state index in [4.69, 9.17) is 23.2 Å². The molecular weight excluding hydrogens is 385 g/mol. The molecule has 2 rings (SSSR count). The van der Waals surface area contributed by atoms with Gasteiger partial charge in [0, 0.05) is 4.47 Å². The highest BCUT2D eigenvalue weighted by Crippen LogP contribution is 2.28. The van der Waals surface area contributed by atoms with Crippen LogP contribution in [0.25, 0.3) is 0 Å². The predicted molar refractivity (Wildman–Crippen MR) is 86.1 cm³/mol. The highest BCUT2D eigenvalue weighted by Gasteiger charge is 2.16. The summed E-state index contributed by atoms with van der Waals surface area (Å²) >= 11 is 14.9. The second-order valence-corrected chi connectivity index (χ2v) is 7.52. The van der Waals surface area contributed by atoms with Gasteiger partial charge >= 0.3 is 0 Å². The van der Waals surface area contributed by atoms with E-state index in [2.05, 4.69) is 20.7 Å². The number of benzene rings is 2. The van der Waals surface area contributed by atoms with Crippen LogP contribution in [0.5, 0.6) is 0 Å². The molecule has 2 aromatic rings. The number of aryl methyl sites for hydroxylation is 1. The molecule has 0 saturated carbocycles. The first-order valence-corrected chi connectivity index (χ1v) is 8.57. The van der Waals surface area contributed by atoms with E-state index in [1.54, 1.807) is 6.07 Å². The largest absolute Gasteiger partial charge is 0.278 e. The van der Waals surface area contributed by atoms with Crippen LogP contribution in [0.2, 0.25) is 10.0 Å². The molecule has 0 atom stereocenters. The van der Waals surface area contributed by atoms with E-state index in [0.29, 0.717) is 15.2 Å². The Morgan fingerprint density at radius 1 is 1.05 bits per heavy atom. The molecule has 0 radical (unpaired) electrons. The number of anilines is 1. The smallest absolute Gasteiger partial charge is 0.261 e. The second kappa shape index (κ2) is 5.93. The third kappa shape index (κ3) is 3.47. The molecule has 0 amide bonds. The van der Waals surface area contributed by atoms with Gasteiger partial charge in [-0.2, -0.15) is 0 Å². The highest BCUT2D eigenvalue weighted by atomic mass is 79.9. The summed E-state index contributed by atoms with van der Waals surface area (Å²) in [6, 6.07) is 9.49. The van der Waals surface area contributed by atoms with Gasteiger partial charge in [0.05, 0.1) is 20.6 Å². The highest BCUT2D eigenvalue weighted by molar-refractivity contribution is 9.10. The fourth-order valence-corrected chi connectivity index (χ4v) is 3.74. The van der Waals surface area contributed by atoms with Crippen molar-refractivity contribution in [2.24, 2.45) is 0 Å². The van der Waals surface area contributed by atoms with E-state index < -0.39 is 10.0 Å². The molecule has 2 aromatic carbocycles. The van der Waals surface area contributed by atoms with E-state index in [9.17, 15) is 8.42 Å². The fourth-order valence-electron chi connectivity index (χ4n) is 1.55. The Hall–Kier alpha value is -0.750. The van der Waals surface area contributed by atoms with Crippen LogP contribution < -0.4 is 4.72 Å². The number of rotatable bonds is 3.